The first-order chi connectivity index (χ1) is 16.3. The second kappa shape index (κ2) is 10.3. The van der Waals surface area contributed by atoms with E-state index in [0.717, 1.165) is 12.4 Å². The SMILES string of the molecule is O=C(NCC(c1scnc1CF)N1CCC(F)(F)CC1)c1cc(-c2ncc(F)cn2)ccc1Cl. The van der Waals surface area contributed by atoms with Crippen LogP contribution in [0, 0.1) is 5.82 Å². The fraction of sp³-hybridized carbons (Fsp3) is 0.364. The lowest BCUT2D eigenvalue weighted by Gasteiger charge is -2.37. The fourth-order valence-corrected chi connectivity index (χ4v) is 4.91. The maximum Gasteiger partial charge on any atom is 0.252 e. The molecule has 3 aromatic rings. The highest BCUT2D eigenvalue weighted by Crippen LogP contribution is 2.35. The summed E-state index contributed by atoms with van der Waals surface area (Å²) in [5.41, 5.74) is 2.34. The molecule has 1 aliphatic rings. The summed E-state index contributed by atoms with van der Waals surface area (Å²) in [7, 11) is 0. The van der Waals surface area contributed by atoms with Gasteiger partial charge in [0.25, 0.3) is 11.8 Å². The molecular formula is C22H20ClF4N5OS. The Morgan fingerprint density at radius 3 is 2.59 bits per heavy atom. The molecule has 0 radical (unpaired) electrons. The van der Waals surface area contributed by atoms with E-state index in [0.29, 0.717) is 10.4 Å². The van der Waals surface area contributed by atoms with Gasteiger partial charge in [-0.1, -0.05) is 11.6 Å². The van der Waals surface area contributed by atoms with E-state index < -0.39 is 30.4 Å². The van der Waals surface area contributed by atoms with E-state index in [1.807, 2.05) is 4.90 Å². The Labute approximate surface area is 202 Å². The number of rotatable bonds is 7. The molecule has 34 heavy (non-hydrogen) atoms. The molecule has 0 bridgehead atoms. The lowest BCUT2D eigenvalue weighted by atomic mass is 10.0. The zero-order chi connectivity index (χ0) is 24.3. The third-order valence-electron chi connectivity index (χ3n) is 5.62. The van der Waals surface area contributed by atoms with Crippen LogP contribution in [0.3, 0.4) is 0 Å². The highest BCUT2D eigenvalue weighted by atomic mass is 35.5. The fourth-order valence-electron chi connectivity index (χ4n) is 3.78. The van der Waals surface area contributed by atoms with Crippen molar-refractivity contribution in [3.05, 3.63) is 63.1 Å². The second-order valence-corrected chi connectivity index (χ2v) is 9.13. The van der Waals surface area contributed by atoms with Gasteiger partial charge < -0.3 is 5.32 Å². The Morgan fingerprint density at radius 1 is 1.21 bits per heavy atom. The summed E-state index contributed by atoms with van der Waals surface area (Å²) in [5, 5.41) is 2.97. The van der Waals surface area contributed by atoms with Gasteiger partial charge in [0.05, 0.1) is 40.2 Å². The summed E-state index contributed by atoms with van der Waals surface area (Å²) in [6.07, 6.45) is 1.40. The van der Waals surface area contributed by atoms with E-state index in [4.69, 9.17) is 11.6 Å². The van der Waals surface area contributed by atoms with Gasteiger partial charge in [0.1, 0.15) is 6.67 Å². The van der Waals surface area contributed by atoms with E-state index >= 15 is 0 Å². The number of likely N-dealkylation sites (tertiary alicyclic amines) is 1. The Hall–Kier alpha value is -2.63. The first kappa shape index (κ1) is 24.5. The normalized spacial score (nSPS) is 16.9. The molecule has 12 heteroatoms. The molecule has 0 saturated carbocycles. The summed E-state index contributed by atoms with van der Waals surface area (Å²) in [5.74, 6) is -3.62. The minimum absolute atomic E-state index is 0.0488. The van der Waals surface area contributed by atoms with Crippen LogP contribution in [-0.4, -0.2) is 51.3 Å². The molecule has 1 saturated heterocycles. The molecule has 6 nitrogen and oxygen atoms in total. The van der Waals surface area contributed by atoms with Crippen molar-refractivity contribution in [2.24, 2.45) is 0 Å². The number of thiazole rings is 1. The molecular weight excluding hydrogens is 494 g/mol. The third-order valence-corrected chi connectivity index (χ3v) is 6.92. The Morgan fingerprint density at radius 2 is 1.91 bits per heavy atom. The number of nitrogens with zero attached hydrogens (tertiary/aromatic N) is 4. The van der Waals surface area contributed by atoms with E-state index in [-0.39, 0.29) is 54.6 Å². The summed E-state index contributed by atoms with van der Waals surface area (Å²) >= 11 is 7.46. The number of carbonyl (C=O) groups excluding carboxylic acids is 1. The molecule has 1 fully saturated rings. The van der Waals surface area contributed by atoms with Crippen molar-refractivity contribution in [3.8, 4) is 11.4 Å². The number of piperidine rings is 1. The highest BCUT2D eigenvalue weighted by Gasteiger charge is 2.37. The summed E-state index contributed by atoms with van der Waals surface area (Å²) in [4.78, 5) is 27.2. The van der Waals surface area contributed by atoms with Gasteiger partial charge in [-0.15, -0.1) is 11.3 Å². The molecule has 1 N–H and O–H groups in total. The maximum atomic E-state index is 13.7. The minimum atomic E-state index is -2.74. The average Bonchev–Trinajstić information content (AvgIpc) is 3.29. The summed E-state index contributed by atoms with van der Waals surface area (Å²) < 4.78 is 54.0. The average molecular weight is 514 g/mol. The van der Waals surface area contributed by atoms with Gasteiger partial charge in [-0.2, -0.15) is 0 Å². The van der Waals surface area contributed by atoms with Crippen LogP contribution < -0.4 is 5.32 Å². The Kier molecular flexibility index (Phi) is 7.44. The minimum Gasteiger partial charge on any atom is -0.350 e. The molecule has 180 valence electrons. The van der Waals surface area contributed by atoms with Crippen LogP contribution in [0.2, 0.25) is 5.02 Å². The van der Waals surface area contributed by atoms with Crippen molar-refractivity contribution >= 4 is 28.8 Å². The predicted octanol–water partition coefficient (Wildman–Crippen LogP) is 5.06. The lowest BCUT2D eigenvalue weighted by Crippen LogP contribution is -2.45. The topological polar surface area (TPSA) is 71.0 Å². The standard InChI is InChI=1S/C22H20ClF4N5OS/c23-16-2-1-13(20-28-9-14(25)10-29-20)7-15(16)21(33)30-11-18(19-17(8-24)31-12-34-19)32-5-3-22(26,27)4-6-32/h1-2,7,9-10,12,18H,3-6,8,11H2,(H,30,33). The Bertz CT molecular complexity index is 1150. The largest absolute Gasteiger partial charge is 0.350 e. The number of halogens is 5. The van der Waals surface area contributed by atoms with Gasteiger partial charge in [0.2, 0.25) is 0 Å². The van der Waals surface area contributed by atoms with Crippen molar-refractivity contribution in [1.29, 1.82) is 0 Å². The van der Waals surface area contributed by atoms with Gasteiger partial charge in [0.15, 0.2) is 11.6 Å². The van der Waals surface area contributed by atoms with Crippen LogP contribution in [0.5, 0.6) is 0 Å². The molecule has 1 aromatic carbocycles. The van der Waals surface area contributed by atoms with E-state index in [9.17, 15) is 22.4 Å². The number of amides is 1. The van der Waals surface area contributed by atoms with Gasteiger partial charge in [0, 0.05) is 42.9 Å². The monoisotopic (exact) mass is 513 g/mol. The summed E-state index contributed by atoms with van der Waals surface area (Å²) in [6.45, 7) is -0.531. The van der Waals surface area contributed by atoms with Gasteiger partial charge in [-0.25, -0.2) is 32.5 Å². The van der Waals surface area contributed by atoms with Crippen molar-refractivity contribution in [1.82, 2.24) is 25.2 Å². The summed E-state index contributed by atoms with van der Waals surface area (Å²) in [6, 6.07) is 4.09. The smallest absolute Gasteiger partial charge is 0.252 e. The predicted molar refractivity (Wildman–Crippen MR) is 120 cm³/mol. The van der Waals surface area contributed by atoms with E-state index in [1.54, 1.807) is 6.07 Å². The van der Waals surface area contributed by atoms with E-state index in [1.165, 1.54) is 29.0 Å². The van der Waals surface area contributed by atoms with E-state index in [2.05, 4.69) is 20.3 Å². The first-order valence-corrected chi connectivity index (χ1v) is 11.7. The van der Waals surface area contributed by atoms with Crippen LogP contribution in [-0.2, 0) is 6.67 Å². The Balaban J connectivity index is 1.54. The van der Waals surface area contributed by atoms with Crippen molar-refractivity contribution in [2.75, 3.05) is 19.6 Å². The second-order valence-electron chi connectivity index (χ2n) is 7.83. The first-order valence-electron chi connectivity index (χ1n) is 10.4. The zero-order valence-electron chi connectivity index (χ0n) is 17.8. The number of benzene rings is 1. The zero-order valence-corrected chi connectivity index (χ0v) is 19.4. The molecule has 1 atom stereocenters. The molecule has 3 heterocycles. The number of hydrogen-bond donors (Lipinski definition) is 1. The lowest BCUT2D eigenvalue weighted by molar-refractivity contribution is -0.0630. The van der Waals surface area contributed by atoms with Gasteiger partial charge in [-0.3, -0.25) is 9.69 Å². The molecule has 0 spiro atoms. The van der Waals surface area contributed by atoms with Crippen molar-refractivity contribution < 1.29 is 22.4 Å². The number of carbonyl (C=O) groups is 1. The van der Waals surface area contributed by atoms with Crippen molar-refractivity contribution in [2.45, 2.75) is 31.5 Å². The number of hydrogen-bond acceptors (Lipinski definition) is 6. The molecule has 0 aliphatic carbocycles. The van der Waals surface area contributed by atoms with Crippen LogP contribution in [0.15, 0.2) is 36.1 Å². The molecule has 1 amide bonds. The van der Waals surface area contributed by atoms with Crippen LogP contribution in [0.25, 0.3) is 11.4 Å². The van der Waals surface area contributed by atoms with Crippen molar-refractivity contribution in [3.63, 3.8) is 0 Å². The number of aromatic nitrogens is 3. The van der Waals surface area contributed by atoms with Gasteiger partial charge in [-0.05, 0) is 18.2 Å². The molecule has 1 aliphatic heterocycles. The quantitative estimate of drug-likeness (QED) is 0.447. The van der Waals surface area contributed by atoms with Gasteiger partial charge >= 0.3 is 0 Å². The van der Waals surface area contributed by atoms with Crippen LogP contribution in [0.4, 0.5) is 17.6 Å². The van der Waals surface area contributed by atoms with Crippen LogP contribution >= 0.6 is 22.9 Å². The third kappa shape index (κ3) is 5.53. The molecule has 2 aromatic heterocycles. The van der Waals surface area contributed by atoms with Crippen LogP contribution in [0.1, 0.15) is 39.8 Å². The molecule has 1 unspecified atom stereocenters. The number of nitrogens with one attached hydrogen (secondary N) is 1. The molecule has 4 rings (SSSR count). The maximum absolute atomic E-state index is 13.7. The highest BCUT2D eigenvalue weighted by molar-refractivity contribution is 7.09. The number of alkyl halides is 3.